The van der Waals surface area contributed by atoms with Crippen molar-refractivity contribution in [3.63, 3.8) is 0 Å². The number of imidazole rings is 1. The first kappa shape index (κ1) is 17.1. The standard InChI is InChI=1S/C27H19N3S/c1-2-29-22-9-5-3-7-18(22)20-15-17(11-12-24(20)29)26-25-19-8-4-6-10-23(19)30-14-13-28-27(30)21(25)16-31-26/h3-16H,2H2,1H3. The SMILES string of the molecule is CCn1c2ccccc2c2cc(-c3scc4c3c3ccccc3n3ccnc43)ccc21. The quantitative estimate of drug-likeness (QED) is 0.285. The molecular weight excluding hydrogens is 398 g/mol. The van der Waals surface area contributed by atoms with Gasteiger partial charge in [-0.25, -0.2) is 4.98 Å². The van der Waals surface area contributed by atoms with Gasteiger partial charge in [0.1, 0.15) is 5.65 Å². The number of para-hydroxylation sites is 2. The predicted molar refractivity (Wildman–Crippen MR) is 132 cm³/mol. The van der Waals surface area contributed by atoms with Crippen molar-refractivity contribution < 1.29 is 0 Å². The summed E-state index contributed by atoms with van der Waals surface area (Å²) < 4.78 is 4.61. The summed E-state index contributed by atoms with van der Waals surface area (Å²) in [5.41, 5.74) is 6.10. The Morgan fingerprint density at radius 3 is 2.45 bits per heavy atom. The van der Waals surface area contributed by atoms with E-state index in [1.165, 1.54) is 53.9 Å². The van der Waals surface area contributed by atoms with Crippen LogP contribution in [0.1, 0.15) is 6.92 Å². The van der Waals surface area contributed by atoms with Gasteiger partial charge >= 0.3 is 0 Å². The van der Waals surface area contributed by atoms with E-state index in [1.807, 2.05) is 17.5 Å². The molecule has 0 saturated carbocycles. The zero-order chi connectivity index (χ0) is 20.5. The summed E-state index contributed by atoms with van der Waals surface area (Å²) in [6.45, 7) is 3.18. The molecule has 3 nitrogen and oxygen atoms in total. The number of nitrogens with zero attached hydrogens (tertiary/aromatic N) is 3. The molecular formula is C27H19N3S. The summed E-state index contributed by atoms with van der Waals surface area (Å²) in [6.07, 6.45) is 3.95. The van der Waals surface area contributed by atoms with Gasteiger partial charge in [0.05, 0.1) is 5.52 Å². The van der Waals surface area contributed by atoms with E-state index in [-0.39, 0.29) is 0 Å². The second-order valence-corrected chi connectivity index (χ2v) is 8.86. The Kier molecular flexibility index (Phi) is 3.41. The number of hydrogen-bond donors (Lipinski definition) is 0. The minimum atomic E-state index is 0.966. The number of aryl methyl sites for hydroxylation is 1. The van der Waals surface area contributed by atoms with Crippen LogP contribution in [0.4, 0.5) is 0 Å². The lowest BCUT2D eigenvalue weighted by Gasteiger charge is -2.08. The summed E-state index contributed by atoms with van der Waals surface area (Å²) in [6, 6.07) is 24.3. The molecule has 0 atom stereocenters. The van der Waals surface area contributed by atoms with Crippen molar-refractivity contribution in [1.29, 1.82) is 0 Å². The fourth-order valence-corrected chi connectivity index (χ4v) is 6.19. The number of hydrogen-bond acceptors (Lipinski definition) is 2. The van der Waals surface area contributed by atoms with Gasteiger partial charge in [0, 0.05) is 67.2 Å². The number of rotatable bonds is 2. The smallest absolute Gasteiger partial charge is 0.145 e. The van der Waals surface area contributed by atoms with Gasteiger partial charge in [-0.1, -0.05) is 42.5 Å². The van der Waals surface area contributed by atoms with Gasteiger partial charge < -0.3 is 4.57 Å². The maximum Gasteiger partial charge on any atom is 0.145 e. The number of fused-ring (bicyclic) bond motifs is 9. The Morgan fingerprint density at radius 2 is 1.58 bits per heavy atom. The molecule has 148 valence electrons. The van der Waals surface area contributed by atoms with Gasteiger partial charge in [0.15, 0.2) is 0 Å². The molecule has 3 aromatic carbocycles. The third-order valence-electron chi connectivity index (χ3n) is 6.46. The molecule has 7 rings (SSSR count). The maximum atomic E-state index is 4.68. The number of pyridine rings is 1. The van der Waals surface area contributed by atoms with Crippen LogP contribution >= 0.6 is 11.3 Å². The van der Waals surface area contributed by atoms with Crippen LogP contribution in [-0.4, -0.2) is 14.0 Å². The summed E-state index contributed by atoms with van der Waals surface area (Å²) >= 11 is 1.82. The van der Waals surface area contributed by atoms with Crippen molar-refractivity contribution in [2.24, 2.45) is 0 Å². The molecule has 0 radical (unpaired) electrons. The fourth-order valence-electron chi connectivity index (χ4n) is 5.13. The number of thiophene rings is 1. The van der Waals surface area contributed by atoms with Crippen molar-refractivity contribution in [3.05, 3.63) is 84.5 Å². The van der Waals surface area contributed by atoms with Crippen LogP contribution in [0, 0.1) is 0 Å². The first-order valence-corrected chi connectivity index (χ1v) is 11.5. The van der Waals surface area contributed by atoms with Gasteiger partial charge in [0.25, 0.3) is 0 Å². The van der Waals surface area contributed by atoms with E-state index in [1.54, 1.807) is 0 Å². The van der Waals surface area contributed by atoms with E-state index in [4.69, 9.17) is 0 Å². The minimum absolute atomic E-state index is 0.966. The van der Waals surface area contributed by atoms with E-state index in [0.29, 0.717) is 0 Å². The highest BCUT2D eigenvalue weighted by Crippen LogP contribution is 2.42. The van der Waals surface area contributed by atoms with E-state index in [9.17, 15) is 0 Å². The van der Waals surface area contributed by atoms with Gasteiger partial charge in [-0.3, -0.25) is 4.40 Å². The van der Waals surface area contributed by atoms with E-state index in [2.05, 4.69) is 99.2 Å². The monoisotopic (exact) mass is 417 g/mol. The normalized spacial score (nSPS) is 12.2. The van der Waals surface area contributed by atoms with Crippen LogP contribution in [0.5, 0.6) is 0 Å². The summed E-state index contributed by atoms with van der Waals surface area (Å²) in [4.78, 5) is 5.99. The molecule has 0 aliphatic rings. The Morgan fingerprint density at radius 1 is 0.806 bits per heavy atom. The molecule has 31 heavy (non-hydrogen) atoms. The molecule has 0 spiro atoms. The summed E-state index contributed by atoms with van der Waals surface area (Å²) in [7, 11) is 0. The van der Waals surface area contributed by atoms with Crippen LogP contribution in [0.3, 0.4) is 0 Å². The fraction of sp³-hybridized carbons (Fsp3) is 0.0741. The van der Waals surface area contributed by atoms with Gasteiger partial charge in [-0.2, -0.15) is 0 Å². The van der Waals surface area contributed by atoms with E-state index < -0.39 is 0 Å². The first-order valence-electron chi connectivity index (χ1n) is 10.6. The molecule has 4 heteroatoms. The molecule has 4 aromatic heterocycles. The highest BCUT2D eigenvalue weighted by atomic mass is 32.1. The topological polar surface area (TPSA) is 22.2 Å². The zero-order valence-corrected chi connectivity index (χ0v) is 17.9. The van der Waals surface area contributed by atoms with Crippen LogP contribution in [0.15, 0.2) is 84.5 Å². The number of aromatic nitrogens is 3. The van der Waals surface area contributed by atoms with Crippen LogP contribution in [0.25, 0.3) is 59.6 Å². The average Bonchev–Trinajstić information content (AvgIpc) is 3.54. The van der Waals surface area contributed by atoms with E-state index in [0.717, 1.165) is 12.2 Å². The average molecular weight is 418 g/mol. The predicted octanol–water partition coefficient (Wildman–Crippen LogP) is 7.50. The van der Waals surface area contributed by atoms with Gasteiger partial charge in [0.2, 0.25) is 0 Å². The van der Waals surface area contributed by atoms with Crippen molar-refractivity contribution in [2.75, 3.05) is 0 Å². The summed E-state index contributed by atoms with van der Waals surface area (Å²) in [5.74, 6) is 0. The molecule has 0 aliphatic carbocycles. The lowest BCUT2D eigenvalue weighted by atomic mass is 10.0. The Bertz CT molecular complexity index is 1780. The molecule has 0 saturated heterocycles. The van der Waals surface area contributed by atoms with Gasteiger partial charge in [-0.15, -0.1) is 11.3 Å². The van der Waals surface area contributed by atoms with Crippen molar-refractivity contribution in [3.8, 4) is 10.4 Å². The van der Waals surface area contributed by atoms with E-state index >= 15 is 0 Å². The van der Waals surface area contributed by atoms with Crippen molar-refractivity contribution >= 4 is 60.5 Å². The minimum Gasteiger partial charge on any atom is -0.341 e. The number of benzene rings is 3. The first-order chi connectivity index (χ1) is 15.3. The van der Waals surface area contributed by atoms with Crippen LogP contribution < -0.4 is 0 Å². The third-order valence-corrected chi connectivity index (χ3v) is 7.49. The maximum absolute atomic E-state index is 4.68. The second kappa shape index (κ2) is 6.19. The van der Waals surface area contributed by atoms with Crippen molar-refractivity contribution in [1.82, 2.24) is 14.0 Å². The van der Waals surface area contributed by atoms with Crippen molar-refractivity contribution in [2.45, 2.75) is 13.5 Å². The van der Waals surface area contributed by atoms with Crippen LogP contribution in [-0.2, 0) is 6.54 Å². The molecule has 0 amide bonds. The third kappa shape index (κ3) is 2.20. The lowest BCUT2D eigenvalue weighted by molar-refractivity contribution is 0.827. The highest BCUT2D eigenvalue weighted by Gasteiger charge is 2.17. The molecule has 0 bridgehead atoms. The molecule has 0 aliphatic heterocycles. The molecule has 0 unspecified atom stereocenters. The molecule has 4 heterocycles. The van der Waals surface area contributed by atoms with Gasteiger partial charge in [-0.05, 0) is 36.8 Å². The summed E-state index contributed by atoms with van der Waals surface area (Å²) in [5, 5.41) is 8.71. The highest BCUT2D eigenvalue weighted by molar-refractivity contribution is 7.15. The molecule has 0 fully saturated rings. The van der Waals surface area contributed by atoms with Crippen LogP contribution in [0.2, 0.25) is 0 Å². The Labute approximate surface area is 182 Å². The largest absolute Gasteiger partial charge is 0.341 e. The lowest BCUT2D eigenvalue weighted by Crippen LogP contribution is -1.92. The molecule has 7 aromatic rings. The second-order valence-electron chi connectivity index (χ2n) is 7.98. The zero-order valence-electron chi connectivity index (χ0n) is 17.0. The molecule has 0 N–H and O–H groups in total. The Balaban J connectivity index is 1.60. The Hall–Kier alpha value is -3.63.